The third-order valence-corrected chi connectivity index (χ3v) is 4.46. The number of nitrogens with zero attached hydrogens (tertiary/aromatic N) is 2. The maximum Gasteiger partial charge on any atom is 0.288 e. The number of oxazole rings is 1. The second-order valence-corrected chi connectivity index (χ2v) is 7.07. The summed E-state index contributed by atoms with van der Waals surface area (Å²) in [6, 6.07) is 3.16. The molecule has 1 unspecified atom stereocenters. The highest BCUT2D eigenvalue weighted by Gasteiger charge is 2.30. The van der Waals surface area contributed by atoms with Crippen LogP contribution in [0.5, 0.6) is 0 Å². The fourth-order valence-corrected chi connectivity index (χ4v) is 2.76. The second-order valence-electron chi connectivity index (χ2n) is 7.07. The molecule has 1 fully saturated rings. The Balaban J connectivity index is 1.62. The van der Waals surface area contributed by atoms with E-state index in [9.17, 15) is 14.0 Å². The highest BCUT2D eigenvalue weighted by atomic mass is 19.1. The number of alkyl halides is 1. The minimum atomic E-state index is -0.894. The van der Waals surface area contributed by atoms with Crippen molar-refractivity contribution < 1.29 is 23.1 Å². The first kappa shape index (κ1) is 19.1. The zero-order chi connectivity index (χ0) is 19.4. The number of ether oxygens (including phenoxy) is 1. The largest absolute Gasteiger partial charge is 0.435 e. The molecular weight excluding hydrogens is 355 g/mol. The quantitative estimate of drug-likeness (QED) is 0.794. The zero-order valence-corrected chi connectivity index (χ0v) is 15.3. The summed E-state index contributed by atoms with van der Waals surface area (Å²) in [5.74, 6) is -0.444. The maximum absolute atomic E-state index is 13.0. The van der Waals surface area contributed by atoms with E-state index in [0.29, 0.717) is 25.5 Å². The van der Waals surface area contributed by atoms with Crippen LogP contribution in [-0.2, 0) is 10.2 Å². The Kier molecular flexibility index (Phi) is 5.59. The number of carbonyl (C=O) groups is 2. The molecule has 27 heavy (non-hydrogen) atoms. The van der Waals surface area contributed by atoms with Gasteiger partial charge in [0.05, 0.1) is 30.9 Å². The SMILES string of the molecule is CC(C)(CF)c1ncc(C(=O)NCC2COCCN2C(=O)c2ccc[nH]2)o1. The molecule has 146 valence electrons. The molecule has 9 heteroatoms. The van der Waals surface area contributed by atoms with E-state index in [1.807, 2.05) is 0 Å². The molecule has 1 aliphatic rings. The lowest BCUT2D eigenvalue weighted by Crippen LogP contribution is -2.53. The third kappa shape index (κ3) is 4.19. The van der Waals surface area contributed by atoms with Crippen LogP contribution in [0.1, 0.15) is 40.8 Å². The van der Waals surface area contributed by atoms with Crippen molar-refractivity contribution in [3.05, 3.63) is 41.9 Å². The first-order chi connectivity index (χ1) is 12.9. The van der Waals surface area contributed by atoms with E-state index in [1.165, 1.54) is 6.20 Å². The number of morpholine rings is 1. The number of amides is 2. The summed E-state index contributed by atoms with van der Waals surface area (Å²) in [7, 11) is 0. The summed E-state index contributed by atoms with van der Waals surface area (Å²) < 4.78 is 23.9. The van der Waals surface area contributed by atoms with Gasteiger partial charge in [0, 0.05) is 19.3 Å². The summed E-state index contributed by atoms with van der Waals surface area (Å²) in [5.41, 5.74) is -0.406. The molecule has 3 heterocycles. The molecule has 1 atom stereocenters. The number of carbonyl (C=O) groups excluding carboxylic acids is 2. The van der Waals surface area contributed by atoms with Crippen molar-refractivity contribution in [2.75, 3.05) is 33.0 Å². The Morgan fingerprint density at radius 1 is 1.48 bits per heavy atom. The Hall–Kier alpha value is -2.68. The van der Waals surface area contributed by atoms with E-state index >= 15 is 0 Å². The molecule has 3 rings (SSSR count). The van der Waals surface area contributed by atoms with Gasteiger partial charge in [0.1, 0.15) is 12.4 Å². The van der Waals surface area contributed by atoms with E-state index in [2.05, 4.69) is 15.3 Å². The van der Waals surface area contributed by atoms with Gasteiger partial charge in [-0.15, -0.1) is 0 Å². The highest BCUT2D eigenvalue weighted by molar-refractivity contribution is 5.93. The van der Waals surface area contributed by atoms with Crippen LogP contribution in [0, 0.1) is 0 Å². The average molecular weight is 378 g/mol. The van der Waals surface area contributed by atoms with E-state index in [-0.39, 0.29) is 30.1 Å². The maximum atomic E-state index is 13.0. The van der Waals surface area contributed by atoms with Crippen molar-refractivity contribution in [3.63, 3.8) is 0 Å². The van der Waals surface area contributed by atoms with Crippen LogP contribution < -0.4 is 5.32 Å². The molecule has 1 aliphatic heterocycles. The van der Waals surface area contributed by atoms with Gasteiger partial charge in [-0.25, -0.2) is 9.37 Å². The number of hydrogen-bond acceptors (Lipinski definition) is 5. The van der Waals surface area contributed by atoms with Crippen molar-refractivity contribution in [2.45, 2.75) is 25.3 Å². The van der Waals surface area contributed by atoms with Gasteiger partial charge >= 0.3 is 0 Å². The van der Waals surface area contributed by atoms with Gasteiger partial charge in [-0.1, -0.05) is 0 Å². The van der Waals surface area contributed by atoms with Gasteiger partial charge < -0.3 is 24.4 Å². The molecule has 0 bridgehead atoms. The number of rotatable bonds is 6. The van der Waals surface area contributed by atoms with Crippen LogP contribution in [0.3, 0.4) is 0 Å². The fourth-order valence-electron chi connectivity index (χ4n) is 2.76. The van der Waals surface area contributed by atoms with Gasteiger partial charge in [-0.05, 0) is 26.0 Å². The summed E-state index contributed by atoms with van der Waals surface area (Å²) in [4.78, 5) is 33.5. The standard InChI is InChI=1S/C18H23FN4O4/c1-18(2,11-19)17-22-9-14(27-17)15(24)21-8-12-10-26-7-6-23(12)16(25)13-4-3-5-20-13/h3-5,9,12,20H,6-8,10-11H2,1-2H3,(H,21,24). The fraction of sp³-hybridized carbons (Fsp3) is 0.500. The predicted molar refractivity (Wildman–Crippen MR) is 94.3 cm³/mol. The summed E-state index contributed by atoms with van der Waals surface area (Å²) in [6.07, 6.45) is 2.96. The summed E-state index contributed by atoms with van der Waals surface area (Å²) in [6.45, 7) is 4.05. The number of hydrogen-bond donors (Lipinski definition) is 2. The molecule has 1 saturated heterocycles. The summed E-state index contributed by atoms with van der Waals surface area (Å²) >= 11 is 0. The van der Waals surface area contributed by atoms with Gasteiger partial charge in [0.25, 0.3) is 11.8 Å². The molecule has 0 saturated carbocycles. The van der Waals surface area contributed by atoms with Crippen molar-refractivity contribution in [1.29, 1.82) is 0 Å². The average Bonchev–Trinajstić information content (AvgIpc) is 3.38. The number of aromatic nitrogens is 2. The van der Waals surface area contributed by atoms with Crippen LogP contribution in [0.25, 0.3) is 0 Å². The number of H-pyrrole nitrogens is 1. The lowest BCUT2D eigenvalue weighted by Gasteiger charge is -2.35. The number of nitrogens with one attached hydrogen (secondary N) is 2. The minimum Gasteiger partial charge on any atom is -0.435 e. The minimum absolute atomic E-state index is 0.00509. The second kappa shape index (κ2) is 7.91. The molecule has 0 radical (unpaired) electrons. The third-order valence-electron chi connectivity index (χ3n) is 4.46. The molecular formula is C18H23FN4O4. The molecule has 8 nitrogen and oxygen atoms in total. The van der Waals surface area contributed by atoms with Crippen molar-refractivity contribution in [3.8, 4) is 0 Å². The van der Waals surface area contributed by atoms with Gasteiger partial charge in [0.2, 0.25) is 11.7 Å². The first-order valence-corrected chi connectivity index (χ1v) is 8.75. The van der Waals surface area contributed by atoms with E-state index in [0.717, 1.165) is 0 Å². The molecule has 2 aromatic heterocycles. The monoisotopic (exact) mass is 378 g/mol. The Labute approximate surface area is 156 Å². The van der Waals surface area contributed by atoms with Crippen LogP contribution >= 0.6 is 0 Å². The van der Waals surface area contributed by atoms with Crippen LogP contribution in [0.2, 0.25) is 0 Å². The molecule has 0 spiro atoms. The predicted octanol–water partition coefficient (Wildman–Crippen LogP) is 1.52. The van der Waals surface area contributed by atoms with Crippen molar-refractivity contribution in [2.24, 2.45) is 0 Å². The Morgan fingerprint density at radius 2 is 2.30 bits per heavy atom. The highest BCUT2D eigenvalue weighted by Crippen LogP contribution is 2.23. The molecule has 0 aliphatic carbocycles. The lowest BCUT2D eigenvalue weighted by atomic mass is 9.96. The summed E-state index contributed by atoms with van der Waals surface area (Å²) in [5, 5.41) is 2.73. The first-order valence-electron chi connectivity index (χ1n) is 8.75. The van der Waals surface area contributed by atoms with Gasteiger partial charge in [0.15, 0.2) is 0 Å². The van der Waals surface area contributed by atoms with Crippen LogP contribution in [-0.4, -0.2) is 65.7 Å². The van der Waals surface area contributed by atoms with Crippen molar-refractivity contribution in [1.82, 2.24) is 20.2 Å². The van der Waals surface area contributed by atoms with Crippen LogP contribution in [0.4, 0.5) is 4.39 Å². The number of aromatic amines is 1. The van der Waals surface area contributed by atoms with Crippen molar-refractivity contribution >= 4 is 11.8 Å². The Bertz CT molecular complexity index is 787. The van der Waals surface area contributed by atoms with Gasteiger partial charge in [-0.3, -0.25) is 9.59 Å². The molecule has 2 amide bonds. The molecule has 2 aromatic rings. The Morgan fingerprint density at radius 3 is 3.00 bits per heavy atom. The van der Waals surface area contributed by atoms with E-state index < -0.39 is 18.0 Å². The zero-order valence-electron chi connectivity index (χ0n) is 15.3. The smallest absolute Gasteiger partial charge is 0.288 e. The topological polar surface area (TPSA) is 100 Å². The number of halogens is 1. The lowest BCUT2D eigenvalue weighted by molar-refractivity contribution is -0.00163. The molecule has 0 aromatic carbocycles. The van der Waals surface area contributed by atoms with E-state index in [1.54, 1.807) is 37.1 Å². The molecule has 2 N–H and O–H groups in total. The normalized spacial score (nSPS) is 17.7. The van der Waals surface area contributed by atoms with Crippen LogP contribution in [0.15, 0.2) is 28.9 Å². The van der Waals surface area contributed by atoms with E-state index in [4.69, 9.17) is 9.15 Å². The van der Waals surface area contributed by atoms with Gasteiger partial charge in [-0.2, -0.15) is 0 Å².